The molecule has 0 radical (unpaired) electrons. The van der Waals surface area contributed by atoms with Gasteiger partial charge in [0.25, 0.3) is 5.91 Å². The molecule has 1 aliphatic rings. The van der Waals surface area contributed by atoms with Crippen molar-refractivity contribution >= 4 is 21.5 Å². The second-order valence-electron chi connectivity index (χ2n) is 6.29. The van der Waals surface area contributed by atoms with Crippen LogP contribution in [-0.4, -0.2) is 53.9 Å². The Hall–Kier alpha value is -2.58. The fourth-order valence-corrected chi connectivity index (χ4v) is 4.55. The zero-order valence-electron chi connectivity index (χ0n) is 14.0. The van der Waals surface area contributed by atoms with Crippen LogP contribution in [0.5, 0.6) is 0 Å². The van der Waals surface area contributed by atoms with E-state index in [4.69, 9.17) is 0 Å². The number of nitrogens with one attached hydrogen (secondary N) is 1. The Bertz CT molecular complexity index is 954. The largest absolute Gasteiger partial charge is 0.390 e. The number of hydrogen-bond donors (Lipinski definition) is 2. The van der Waals surface area contributed by atoms with E-state index in [1.165, 1.54) is 13.1 Å². The number of ketones is 1. The number of benzene rings is 1. The van der Waals surface area contributed by atoms with E-state index < -0.39 is 27.9 Å². The molecule has 1 aromatic carbocycles. The lowest BCUT2D eigenvalue weighted by atomic mass is 10.1. The van der Waals surface area contributed by atoms with E-state index in [0.29, 0.717) is 22.4 Å². The van der Waals surface area contributed by atoms with E-state index >= 15 is 0 Å². The van der Waals surface area contributed by atoms with E-state index in [1.807, 2.05) is 0 Å². The van der Waals surface area contributed by atoms with Crippen molar-refractivity contribution in [2.75, 3.05) is 11.5 Å². The molecule has 136 valence electrons. The van der Waals surface area contributed by atoms with Crippen LogP contribution < -0.4 is 5.32 Å². The minimum Gasteiger partial charge on any atom is -0.390 e. The summed E-state index contributed by atoms with van der Waals surface area (Å²) in [6, 6.07) is 9.23. The van der Waals surface area contributed by atoms with Gasteiger partial charge in [-0.25, -0.2) is 8.42 Å². The van der Waals surface area contributed by atoms with Crippen LogP contribution in [0.15, 0.2) is 42.6 Å². The first-order valence-corrected chi connectivity index (χ1v) is 9.84. The topological polar surface area (TPSA) is 113 Å². The summed E-state index contributed by atoms with van der Waals surface area (Å²) in [4.78, 5) is 28.0. The molecule has 0 saturated carbocycles. The molecule has 1 aliphatic heterocycles. The maximum absolute atomic E-state index is 12.4. The number of pyridine rings is 1. The molecule has 1 fully saturated rings. The smallest absolute Gasteiger partial charge is 0.251 e. The molecule has 1 saturated heterocycles. The lowest BCUT2D eigenvalue weighted by Gasteiger charge is -2.15. The van der Waals surface area contributed by atoms with Gasteiger partial charge in [-0.05, 0) is 31.2 Å². The fraction of sp³-hybridized carbons (Fsp3) is 0.278. The first kappa shape index (κ1) is 18.2. The highest BCUT2D eigenvalue weighted by atomic mass is 32.2. The molecule has 1 aromatic heterocycles. The van der Waals surface area contributed by atoms with Gasteiger partial charge in [-0.2, -0.15) is 0 Å². The molecule has 2 aromatic rings. The summed E-state index contributed by atoms with van der Waals surface area (Å²) < 4.78 is 23.1. The summed E-state index contributed by atoms with van der Waals surface area (Å²) in [5, 5.41) is 12.4. The quantitative estimate of drug-likeness (QED) is 0.767. The van der Waals surface area contributed by atoms with E-state index in [9.17, 15) is 23.1 Å². The van der Waals surface area contributed by atoms with Crippen molar-refractivity contribution in [3.05, 3.63) is 53.7 Å². The molecule has 26 heavy (non-hydrogen) atoms. The highest BCUT2D eigenvalue weighted by Gasteiger charge is 2.37. The van der Waals surface area contributed by atoms with Crippen LogP contribution in [0.4, 0.5) is 0 Å². The van der Waals surface area contributed by atoms with Gasteiger partial charge >= 0.3 is 0 Å². The predicted octanol–water partition coefficient (Wildman–Crippen LogP) is 0.839. The lowest BCUT2D eigenvalue weighted by molar-refractivity contribution is 0.0888. The first-order chi connectivity index (χ1) is 12.2. The van der Waals surface area contributed by atoms with Crippen LogP contribution in [-0.2, 0) is 9.84 Å². The molecule has 0 spiro atoms. The van der Waals surface area contributed by atoms with E-state index in [1.54, 1.807) is 36.4 Å². The number of rotatable bonds is 4. The van der Waals surface area contributed by atoms with Gasteiger partial charge in [-0.3, -0.25) is 14.6 Å². The number of amides is 1. The zero-order chi connectivity index (χ0) is 18.9. The third-order valence-electron chi connectivity index (χ3n) is 4.23. The third kappa shape index (κ3) is 3.97. The predicted molar refractivity (Wildman–Crippen MR) is 95.6 cm³/mol. The van der Waals surface area contributed by atoms with Crippen molar-refractivity contribution in [2.45, 2.75) is 19.1 Å². The molecule has 2 heterocycles. The van der Waals surface area contributed by atoms with Gasteiger partial charge in [-0.1, -0.05) is 12.1 Å². The number of carbonyl (C=O) groups is 2. The summed E-state index contributed by atoms with van der Waals surface area (Å²) in [5.41, 5.74) is 2.12. The zero-order valence-corrected chi connectivity index (χ0v) is 14.9. The van der Waals surface area contributed by atoms with Gasteiger partial charge in [0, 0.05) is 22.9 Å². The maximum atomic E-state index is 12.4. The highest BCUT2D eigenvalue weighted by molar-refractivity contribution is 7.91. The van der Waals surface area contributed by atoms with Crippen molar-refractivity contribution in [2.24, 2.45) is 0 Å². The number of aromatic nitrogens is 1. The molecular formula is C18H18N2O5S. The van der Waals surface area contributed by atoms with Gasteiger partial charge in [0.2, 0.25) is 0 Å². The molecule has 0 unspecified atom stereocenters. The minimum absolute atomic E-state index is 0.0812. The summed E-state index contributed by atoms with van der Waals surface area (Å²) in [7, 11) is -3.34. The summed E-state index contributed by atoms with van der Waals surface area (Å²) in [6.45, 7) is 1.46. The highest BCUT2D eigenvalue weighted by Crippen LogP contribution is 2.19. The second kappa shape index (κ2) is 6.97. The monoisotopic (exact) mass is 374 g/mol. The van der Waals surface area contributed by atoms with Crippen molar-refractivity contribution < 1.29 is 23.1 Å². The Labute approximate surface area is 151 Å². The van der Waals surface area contributed by atoms with Crippen LogP contribution in [0, 0.1) is 0 Å². The second-order valence-corrected chi connectivity index (χ2v) is 8.45. The fourth-order valence-electron chi connectivity index (χ4n) is 2.81. The molecule has 7 nitrogen and oxygen atoms in total. The van der Waals surface area contributed by atoms with Gasteiger partial charge in [0.15, 0.2) is 15.6 Å². The molecule has 2 N–H and O–H groups in total. The number of nitrogens with zero attached hydrogens (tertiary/aromatic N) is 1. The van der Waals surface area contributed by atoms with E-state index in [2.05, 4.69) is 10.3 Å². The molecule has 0 aliphatic carbocycles. The number of aliphatic hydroxyl groups is 1. The van der Waals surface area contributed by atoms with Gasteiger partial charge in [-0.15, -0.1) is 0 Å². The average molecular weight is 374 g/mol. The van der Waals surface area contributed by atoms with Gasteiger partial charge in [0.1, 0.15) is 0 Å². The number of Topliss-reactive ketones (excluding diaryl/α,β-unsaturated/α-hetero) is 1. The van der Waals surface area contributed by atoms with Crippen LogP contribution in [0.1, 0.15) is 27.6 Å². The molecule has 0 bridgehead atoms. The molecular weight excluding hydrogens is 356 g/mol. The summed E-state index contributed by atoms with van der Waals surface area (Å²) in [5.74, 6) is -1.16. The molecule has 2 atom stereocenters. The van der Waals surface area contributed by atoms with Crippen molar-refractivity contribution in [1.29, 1.82) is 0 Å². The SMILES string of the molecule is CC(=O)c1ccc(-c2cccc(C(=O)N[C@@H]3CS(=O)(=O)C[C@H]3O)c2)nc1. The molecule has 3 rings (SSSR count). The lowest BCUT2D eigenvalue weighted by Crippen LogP contribution is -2.42. The van der Waals surface area contributed by atoms with Crippen LogP contribution in [0.2, 0.25) is 0 Å². The van der Waals surface area contributed by atoms with Crippen LogP contribution in [0.3, 0.4) is 0 Å². The Morgan fingerprint density at radius 2 is 1.92 bits per heavy atom. The number of carbonyl (C=O) groups excluding carboxylic acids is 2. The summed E-state index contributed by atoms with van der Waals surface area (Å²) >= 11 is 0. The van der Waals surface area contributed by atoms with Gasteiger partial charge in [0.05, 0.1) is 29.3 Å². The normalized spacial score (nSPS) is 21.3. The first-order valence-electron chi connectivity index (χ1n) is 8.02. The molecule has 1 amide bonds. The van der Waals surface area contributed by atoms with Crippen molar-refractivity contribution in [3.63, 3.8) is 0 Å². The standard InChI is InChI=1S/C18H18N2O5S/c1-11(21)14-5-6-15(19-8-14)12-3-2-4-13(7-12)18(23)20-16-9-26(24,25)10-17(16)22/h2-8,16-17,22H,9-10H2,1H3,(H,20,23)/t16-,17-/m1/s1. The Morgan fingerprint density at radius 3 is 2.50 bits per heavy atom. The van der Waals surface area contributed by atoms with Crippen molar-refractivity contribution in [3.8, 4) is 11.3 Å². The van der Waals surface area contributed by atoms with E-state index in [0.717, 1.165) is 0 Å². The number of aliphatic hydroxyl groups excluding tert-OH is 1. The van der Waals surface area contributed by atoms with Crippen molar-refractivity contribution in [1.82, 2.24) is 10.3 Å². The third-order valence-corrected chi connectivity index (χ3v) is 5.95. The number of sulfone groups is 1. The Morgan fingerprint density at radius 1 is 1.15 bits per heavy atom. The number of hydrogen-bond acceptors (Lipinski definition) is 6. The van der Waals surface area contributed by atoms with Crippen LogP contribution in [0.25, 0.3) is 11.3 Å². The van der Waals surface area contributed by atoms with Gasteiger partial charge < -0.3 is 10.4 Å². The van der Waals surface area contributed by atoms with E-state index in [-0.39, 0.29) is 17.3 Å². The Kier molecular flexibility index (Phi) is 4.88. The molecule has 8 heteroatoms. The minimum atomic E-state index is -3.34. The Balaban J connectivity index is 1.78. The summed E-state index contributed by atoms with van der Waals surface area (Å²) in [6.07, 6.45) is 0.373. The van der Waals surface area contributed by atoms with Crippen LogP contribution >= 0.6 is 0 Å². The average Bonchev–Trinajstić information content (AvgIpc) is 2.86. The maximum Gasteiger partial charge on any atom is 0.251 e.